The van der Waals surface area contributed by atoms with E-state index in [0.717, 1.165) is 16.8 Å². The van der Waals surface area contributed by atoms with Crippen molar-refractivity contribution in [3.8, 4) is 23.1 Å². The molecule has 0 fully saturated rings. The van der Waals surface area contributed by atoms with E-state index in [0.29, 0.717) is 27.1 Å². The summed E-state index contributed by atoms with van der Waals surface area (Å²) in [5.74, 6) is 0.362. The number of carbonyl (C=O) groups is 1. The average Bonchev–Trinajstić information content (AvgIpc) is 3.18. The monoisotopic (exact) mass is 452 g/mol. The molecule has 1 aromatic heterocycles. The summed E-state index contributed by atoms with van der Waals surface area (Å²) in [6.07, 6.45) is 0. The molecule has 0 bridgehead atoms. The molecule has 0 saturated heterocycles. The number of nitrogens with one attached hydrogen (secondary N) is 1. The number of benzene rings is 3. The van der Waals surface area contributed by atoms with Crippen LogP contribution in [0.2, 0.25) is 10.0 Å². The van der Waals surface area contributed by atoms with Crippen LogP contribution in [0.5, 0.6) is 6.01 Å². The van der Waals surface area contributed by atoms with Gasteiger partial charge in [0.2, 0.25) is 0 Å². The summed E-state index contributed by atoms with van der Waals surface area (Å²) >= 11 is 12.0. The Hall–Kier alpha value is -3.35. The maximum absolute atomic E-state index is 12.5. The average molecular weight is 453 g/mol. The first kappa shape index (κ1) is 20.9. The summed E-state index contributed by atoms with van der Waals surface area (Å²) < 4.78 is 6.95. The summed E-state index contributed by atoms with van der Waals surface area (Å²) in [6, 6.07) is 20.2. The fourth-order valence-corrected chi connectivity index (χ4v) is 3.66. The van der Waals surface area contributed by atoms with Crippen molar-refractivity contribution in [2.45, 2.75) is 6.92 Å². The predicted octanol–water partition coefficient (Wildman–Crippen LogP) is 5.81. The van der Waals surface area contributed by atoms with E-state index in [-0.39, 0.29) is 11.9 Å². The van der Waals surface area contributed by atoms with Gasteiger partial charge in [-0.25, -0.2) is 4.68 Å². The number of carbonyl (C=O) groups excluding carboxylic acids is 1. The molecule has 0 atom stereocenters. The summed E-state index contributed by atoms with van der Waals surface area (Å²) in [6.45, 7) is 2.02. The lowest BCUT2D eigenvalue weighted by Gasteiger charge is -2.10. The molecule has 0 aliphatic rings. The first-order chi connectivity index (χ1) is 14.9. The van der Waals surface area contributed by atoms with Gasteiger partial charge in [-0.1, -0.05) is 47.5 Å². The Kier molecular flexibility index (Phi) is 5.93. The van der Waals surface area contributed by atoms with Crippen molar-refractivity contribution in [3.63, 3.8) is 0 Å². The Morgan fingerprint density at radius 1 is 1.00 bits per heavy atom. The molecule has 4 aromatic rings. The maximum Gasteiger partial charge on any atom is 0.336 e. The lowest BCUT2D eigenvalue weighted by Crippen LogP contribution is -2.12. The number of halogens is 2. The third kappa shape index (κ3) is 4.55. The van der Waals surface area contributed by atoms with Crippen LogP contribution in [0.25, 0.3) is 17.1 Å². The number of aromatic nitrogens is 3. The van der Waals surface area contributed by atoms with Gasteiger partial charge in [-0.05, 0) is 55.0 Å². The highest BCUT2D eigenvalue weighted by Crippen LogP contribution is 2.27. The van der Waals surface area contributed by atoms with Gasteiger partial charge in [0.05, 0.1) is 12.8 Å². The molecule has 0 spiro atoms. The molecule has 1 N–H and O–H groups in total. The summed E-state index contributed by atoms with van der Waals surface area (Å²) in [5, 5.41) is 8.08. The standard InChI is InChI=1S/C23H18Cl2N4O2/c1-14-5-3-4-6-20(14)21-27-23(31-2)28-29(21)19-9-7-18(8-10-19)26-22(30)15-11-16(24)13-17(25)12-15/h3-13H,1-2H3,(H,26,30). The molecule has 0 aliphatic heterocycles. The second kappa shape index (κ2) is 8.79. The number of hydrogen-bond acceptors (Lipinski definition) is 4. The molecule has 156 valence electrons. The van der Waals surface area contributed by atoms with Gasteiger partial charge in [0.15, 0.2) is 5.82 Å². The van der Waals surface area contributed by atoms with E-state index >= 15 is 0 Å². The number of ether oxygens (including phenoxy) is 1. The molecular weight excluding hydrogens is 435 g/mol. The molecule has 0 unspecified atom stereocenters. The normalized spacial score (nSPS) is 10.7. The molecule has 31 heavy (non-hydrogen) atoms. The molecule has 0 saturated carbocycles. The van der Waals surface area contributed by atoms with Gasteiger partial charge in [-0.3, -0.25) is 4.79 Å². The van der Waals surface area contributed by atoms with Crippen molar-refractivity contribution >= 4 is 34.8 Å². The Morgan fingerprint density at radius 3 is 2.32 bits per heavy atom. The van der Waals surface area contributed by atoms with Crippen LogP contribution in [0.3, 0.4) is 0 Å². The Bertz CT molecular complexity index is 1230. The van der Waals surface area contributed by atoms with Crippen molar-refractivity contribution < 1.29 is 9.53 Å². The van der Waals surface area contributed by atoms with E-state index < -0.39 is 0 Å². The van der Waals surface area contributed by atoms with E-state index in [9.17, 15) is 4.79 Å². The van der Waals surface area contributed by atoms with Crippen molar-refractivity contribution in [1.29, 1.82) is 0 Å². The van der Waals surface area contributed by atoms with Crippen LogP contribution in [-0.2, 0) is 0 Å². The third-order valence-electron chi connectivity index (χ3n) is 4.65. The fourth-order valence-electron chi connectivity index (χ4n) is 3.13. The largest absolute Gasteiger partial charge is 0.466 e. The van der Waals surface area contributed by atoms with Crippen LogP contribution in [-0.4, -0.2) is 27.8 Å². The quantitative estimate of drug-likeness (QED) is 0.414. The smallest absolute Gasteiger partial charge is 0.336 e. The van der Waals surface area contributed by atoms with Gasteiger partial charge in [-0.2, -0.15) is 4.98 Å². The molecule has 8 heteroatoms. The molecule has 1 heterocycles. The SMILES string of the molecule is COc1nc(-c2ccccc2C)n(-c2ccc(NC(=O)c3cc(Cl)cc(Cl)c3)cc2)n1. The van der Waals surface area contributed by atoms with Gasteiger partial charge in [0.1, 0.15) is 0 Å². The van der Waals surface area contributed by atoms with Gasteiger partial charge in [-0.15, -0.1) is 5.10 Å². The fraction of sp³-hybridized carbons (Fsp3) is 0.0870. The van der Waals surface area contributed by atoms with E-state index in [1.54, 1.807) is 35.0 Å². The van der Waals surface area contributed by atoms with Crippen LogP contribution < -0.4 is 10.1 Å². The zero-order chi connectivity index (χ0) is 22.0. The van der Waals surface area contributed by atoms with E-state index in [1.165, 1.54) is 7.11 Å². The third-order valence-corrected chi connectivity index (χ3v) is 5.09. The maximum atomic E-state index is 12.5. The first-order valence-electron chi connectivity index (χ1n) is 9.39. The van der Waals surface area contributed by atoms with Crippen molar-refractivity contribution in [2.24, 2.45) is 0 Å². The number of aryl methyl sites for hydroxylation is 1. The Balaban J connectivity index is 1.62. The number of methoxy groups -OCH3 is 1. The molecule has 0 aliphatic carbocycles. The number of amides is 1. The molecule has 6 nitrogen and oxygen atoms in total. The molecule has 0 radical (unpaired) electrons. The van der Waals surface area contributed by atoms with Gasteiger partial charge in [0, 0.05) is 26.9 Å². The van der Waals surface area contributed by atoms with Crippen LogP contribution in [0.1, 0.15) is 15.9 Å². The second-order valence-corrected chi connectivity index (χ2v) is 7.68. The number of anilines is 1. The first-order valence-corrected chi connectivity index (χ1v) is 10.1. The summed E-state index contributed by atoms with van der Waals surface area (Å²) in [7, 11) is 1.53. The molecule has 4 rings (SSSR count). The van der Waals surface area contributed by atoms with E-state index in [4.69, 9.17) is 27.9 Å². The number of rotatable bonds is 5. The lowest BCUT2D eigenvalue weighted by molar-refractivity contribution is 0.102. The highest BCUT2D eigenvalue weighted by Gasteiger charge is 2.16. The number of hydrogen-bond donors (Lipinski definition) is 1. The zero-order valence-electron chi connectivity index (χ0n) is 16.8. The van der Waals surface area contributed by atoms with Crippen LogP contribution in [0.4, 0.5) is 5.69 Å². The van der Waals surface area contributed by atoms with Crippen LogP contribution in [0.15, 0.2) is 66.7 Å². The van der Waals surface area contributed by atoms with Crippen molar-refractivity contribution in [2.75, 3.05) is 12.4 Å². The molecule has 3 aromatic carbocycles. The molecular formula is C23H18Cl2N4O2. The Morgan fingerprint density at radius 2 is 1.68 bits per heavy atom. The van der Waals surface area contributed by atoms with Gasteiger partial charge in [0.25, 0.3) is 5.91 Å². The van der Waals surface area contributed by atoms with Crippen LogP contribution in [0, 0.1) is 6.92 Å². The minimum absolute atomic E-state index is 0.272. The summed E-state index contributed by atoms with van der Waals surface area (Å²) in [4.78, 5) is 17.0. The van der Waals surface area contributed by atoms with Crippen LogP contribution >= 0.6 is 23.2 Å². The highest BCUT2D eigenvalue weighted by atomic mass is 35.5. The predicted molar refractivity (Wildman–Crippen MR) is 122 cm³/mol. The van der Waals surface area contributed by atoms with Gasteiger partial charge >= 0.3 is 6.01 Å². The lowest BCUT2D eigenvalue weighted by atomic mass is 10.1. The van der Waals surface area contributed by atoms with E-state index in [1.807, 2.05) is 43.3 Å². The minimum Gasteiger partial charge on any atom is -0.466 e. The molecule has 1 amide bonds. The minimum atomic E-state index is -0.305. The Labute approximate surface area is 189 Å². The second-order valence-electron chi connectivity index (χ2n) is 6.81. The summed E-state index contributed by atoms with van der Waals surface area (Å²) in [5.41, 5.74) is 3.80. The topological polar surface area (TPSA) is 69.0 Å². The van der Waals surface area contributed by atoms with Crippen molar-refractivity contribution in [3.05, 3.63) is 87.9 Å². The zero-order valence-corrected chi connectivity index (χ0v) is 18.3. The van der Waals surface area contributed by atoms with Gasteiger partial charge < -0.3 is 10.1 Å². The van der Waals surface area contributed by atoms with E-state index in [2.05, 4.69) is 15.4 Å². The van der Waals surface area contributed by atoms with Crippen molar-refractivity contribution in [1.82, 2.24) is 14.8 Å². The number of nitrogens with zero attached hydrogens (tertiary/aromatic N) is 3. The highest BCUT2D eigenvalue weighted by molar-refractivity contribution is 6.35.